The van der Waals surface area contributed by atoms with Gasteiger partial charge in [-0.3, -0.25) is 4.57 Å². The lowest BCUT2D eigenvalue weighted by Gasteiger charge is -2.20. The molecule has 2 atom stereocenters. The molecule has 1 aromatic rings. The molecule has 0 saturated carbocycles. The first-order valence-electron chi connectivity index (χ1n) is 5.36. The second kappa shape index (κ2) is 5.43. The van der Waals surface area contributed by atoms with E-state index in [0.29, 0.717) is 6.42 Å². The normalized spacial score (nSPS) is 17.2. The molecule has 0 bridgehead atoms. The highest BCUT2D eigenvalue weighted by molar-refractivity contribution is 7.61. The third kappa shape index (κ3) is 3.57. The minimum Gasteiger partial charge on any atom is -0.321 e. The molecule has 3 nitrogen and oxygen atoms in total. The van der Waals surface area contributed by atoms with Gasteiger partial charge in [-0.25, -0.2) is 0 Å². The van der Waals surface area contributed by atoms with Crippen molar-refractivity contribution in [2.24, 2.45) is 0 Å². The van der Waals surface area contributed by atoms with Crippen LogP contribution >= 0.6 is 7.60 Å². The van der Waals surface area contributed by atoms with Crippen molar-refractivity contribution in [1.82, 2.24) is 0 Å². The van der Waals surface area contributed by atoms with Gasteiger partial charge >= 0.3 is 13.8 Å². The molecule has 0 saturated heterocycles. The molecule has 1 N–H and O–H groups in total. The number of hydrogen-bond donors (Lipinski definition) is 1. The topological polar surface area (TPSA) is 46.5 Å². The number of benzene rings is 1. The van der Waals surface area contributed by atoms with Crippen LogP contribution in [0.25, 0.3) is 0 Å². The monoisotopic (exact) mass is 282 g/mol. The van der Waals surface area contributed by atoms with Crippen molar-refractivity contribution in [2.75, 3.05) is 0 Å². The second-order valence-corrected chi connectivity index (χ2v) is 5.59. The molecule has 0 spiro atoms. The van der Waals surface area contributed by atoms with Crippen LogP contribution in [0.1, 0.15) is 25.8 Å². The van der Waals surface area contributed by atoms with Crippen molar-refractivity contribution in [1.29, 1.82) is 0 Å². The van der Waals surface area contributed by atoms with E-state index in [-0.39, 0.29) is 0 Å². The van der Waals surface area contributed by atoms with Crippen LogP contribution < -0.4 is 5.30 Å². The maximum Gasteiger partial charge on any atom is 0.417 e. The van der Waals surface area contributed by atoms with Gasteiger partial charge in [0.2, 0.25) is 0 Å². The first-order chi connectivity index (χ1) is 8.18. The van der Waals surface area contributed by atoms with Gasteiger partial charge < -0.3 is 9.42 Å². The summed E-state index contributed by atoms with van der Waals surface area (Å²) >= 11 is 0. The van der Waals surface area contributed by atoms with E-state index in [9.17, 15) is 22.6 Å². The highest BCUT2D eigenvalue weighted by Crippen LogP contribution is 2.46. The SMILES string of the molecule is CCC(C)OP(=O)(O)c1ccccc1C(F)(F)F. The minimum absolute atomic E-state index is 0.429. The highest BCUT2D eigenvalue weighted by Gasteiger charge is 2.39. The van der Waals surface area contributed by atoms with Crippen LogP contribution in [0.3, 0.4) is 0 Å². The number of alkyl halides is 3. The first kappa shape index (κ1) is 15.2. The Balaban J connectivity index is 3.21. The Morgan fingerprint density at radius 1 is 1.39 bits per heavy atom. The molecule has 0 aliphatic rings. The molecule has 102 valence electrons. The fourth-order valence-corrected chi connectivity index (χ4v) is 2.87. The Bertz CT molecular complexity index is 459. The number of rotatable bonds is 4. The van der Waals surface area contributed by atoms with Crippen molar-refractivity contribution in [2.45, 2.75) is 32.5 Å². The van der Waals surface area contributed by atoms with Gasteiger partial charge in [0.1, 0.15) is 0 Å². The molecule has 1 rings (SSSR count). The van der Waals surface area contributed by atoms with Gasteiger partial charge in [-0.15, -0.1) is 0 Å². The van der Waals surface area contributed by atoms with Gasteiger partial charge in [0.05, 0.1) is 17.0 Å². The maximum absolute atomic E-state index is 12.7. The van der Waals surface area contributed by atoms with E-state index in [4.69, 9.17) is 4.52 Å². The molecule has 0 fully saturated rings. The zero-order valence-electron chi connectivity index (χ0n) is 9.94. The Morgan fingerprint density at radius 3 is 2.44 bits per heavy atom. The molecule has 0 heterocycles. The molecule has 18 heavy (non-hydrogen) atoms. The molecular formula is C11H14F3O3P. The van der Waals surface area contributed by atoms with Crippen LogP contribution in [0, 0.1) is 0 Å². The van der Waals surface area contributed by atoms with Crippen molar-refractivity contribution in [3.63, 3.8) is 0 Å². The van der Waals surface area contributed by atoms with Gasteiger partial charge in [0.25, 0.3) is 0 Å². The molecule has 0 aliphatic heterocycles. The Labute approximate surface area is 103 Å². The van der Waals surface area contributed by atoms with Crippen molar-refractivity contribution in [3.8, 4) is 0 Å². The summed E-state index contributed by atoms with van der Waals surface area (Å²) in [4.78, 5) is 9.66. The van der Waals surface area contributed by atoms with Gasteiger partial charge in [-0.1, -0.05) is 19.1 Å². The second-order valence-electron chi connectivity index (χ2n) is 3.86. The van der Waals surface area contributed by atoms with Gasteiger partial charge in [0.15, 0.2) is 0 Å². The van der Waals surface area contributed by atoms with E-state index >= 15 is 0 Å². The van der Waals surface area contributed by atoms with Crippen molar-refractivity contribution in [3.05, 3.63) is 29.8 Å². The summed E-state index contributed by atoms with van der Waals surface area (Å²) in [6.45, 7) is 3.24. The van der Waals surface area contributed by atoms with Crippen molar-refractivity contribution >= 4 is 12.9 Å². The largest absolute Gasteiger partial charge is 0.417 e. The average Bonchev–Trinajstić information content (AvgIpc) is 2.27. The lowest BCUT2D eigenvalue weighted by molar-refractivity contribution is -0.136. The van der Waals surface area contributed by atoms with Crippen LogP contribution in [0.4, 0.5) is 13.2 Å². The molecule has 7 heteroatoms. The van der Waals surface area contributed by atoms with E-state index in [1.165, 1.54) is 13.0 Å². The van der Waals surface area contributed by atoms with Crippen LogP contribution in [-0.4, -0.2) is 11.0 Å². The third-order valence-corrected chi connectivity index (χ3v) is 4.06. The zero-order chi connectivity index (χ0) is 14.0. The number of halogens is 3. The molecule has 0 amide bonds. The average molecular weight is 282 g/mol. The van der Waals surface area contributed by atoms with Crippen LogP contribution in [0.15, 0.2) is 24.3 Å². The molecule has 0 aliphatic carbocycles. The first-order valence-corrected chi connectivity index (χ1v) is 6.94. The van der Waals surface area contributed by atoms with E-state index in [1.54, 1.807) is 6.92 Å². The summed E-state index contributed by atoms with van der Waals surface area (Å²) in [5.74, 6) is 0. The molecular weight excluding hydrogens is 268 g/mol. The minimum atomic E-state index is -4.69. The smallest absolute Gasteiger partial charge is 0.321 e. The van der Waals surface area contributed by atoms with Crippen LogP contribution in [0.2, 0.25) is 0 Å². The van der Waals surface area contributed by atoms with Crippen molar-refractivity contribution < 1.29 is 27.2 Å². The summed E-state index contributed by atoms with van der Waals surface area (Å²) in [5.41, 5.74) is -1.14. The fourth-order valence-electron chi connectivity index (χ4n) is 1.33. The number of hydrogen-bond acceptors (Lipinski definition) is 2. The molecule has 1 aromatic carbocycles. The summed E-state index contributed by atoms with van der Waals surface area (Å²) in [5, 5.41) is -0.710. The van der Waals surface area contributed by atoms with Gasteiger partial charge in [-0.2, -0.15) is 13.2 Å². The van der Waals surface area contributed by atoms with Gasteiger partial charge in [-0.05, 0) is 25.5 Å². The van der Waals surface area contributed by atoms with Crippen LogP contribution in [0.5, 0.6) is 0 Å². The quantitative estimate of drug-likeness (QED) is 0.862. The Kier molecular flexibility index (Phi) is 4.59. The standard InChI is InChI=1S/C11H14F3O3P/c1-3-8(2)17-18(15,16)10-7-5-4-6-9(10)11(12,13)14/h4-8H,3H2,1-2H3,(H,15,16). The summed E-state index contributed by atoms with van der Waals surface area (Å²) in [6, 6.07) is 4.16. The molecule has 2 unspecified atom stereocenters. The van der Waals surface area contributed by atoms with E-state index in [2.05, 4.69) is 0 Å². The van der Waals surface area contributed by atoms with Gasteiger partial charge in [0, 0.05) is 0 Å². The van der Waals surface area contributed by atoms with E-state index in [1.807, 2.05) is 0 Å². The third-order valence-electron chi connectivity index (χ3n) is 2.41. The summed E-state index contributed by atoms with van der Waals surface area (Å²) in [6.07, 6.45) is -4.85. The zero-order valence-corrected chi connectivity index (χ0v) is 10.8. The fraction of sp³-hybridized carbons (Fsp3) is 0.455. The predicted octanol–water partition coefficient (Wildman–Crippen LogP) is 3.33. The van der Waals surface area contributed by atoms with E-state index < -0.39 is 30.7 Å². The predicted molar refractivity (Wildman–Crippen MR) is 61.7 cm³/mol. The Morgan fingerprint density at radius 2 is 1.94 bits per heavy atom. The van der Waals surface area contributed by atoms with E-state index in [0.717, 1.165) is 18.2 Å². The maximum atomic E-state index is 12.7. The molecule has 0 radical (unpaired) electrons. The lowest BCUT2D eigenvalue weighted by atomic mass is 10.2. The van der Waals surface area contributed by atoms with Crippen LogP contribution in [-0.2, 0) is 15.3 Å². The summed E-state index contributed by atoms with van der Waals surface area (Å²) in [7, 11) is -4.47. The Hall–Kier alpha value is -0.840. The summed E-state index contributed by atoms with van der Waals surface area (Å²) < 4.78 is 54.8. The molecule has 0 aromatic heterocycles. The highest BCUT2D eigenvalue weighted by atomic mass is 31.2. The lowest BCUT2D eigenvalue weighted by Crippen LogP contribution is -2.22.